The molecule has 1 N–H and O–H groups in total. The molecule has 2 aromatic carbocycles. The molecular weight excluding hydrogens is 468 g/mol. The van der Waals surface area contributed by atoms with E-state index in [0.717, 1.165) is 23.1 Å². The van der Waals surface area contributed by atoms with Crippen LogP contribution in [0.5, 0.6) is 5.75 Å². The largest absolute Gasteiger partial charge is 0.494 e. The molecule has 1 saturated heterocycles. The topological polar surface area (TPSA) is 82.1 Å². The molecule has 0 saturated carbocycles. The molecule has 0 aliphatic carbocycles. The van der Waals surface area contributed by atoms with E-state index in [2.05, 4.69) is 43.0 Å². The van der Waals surface area contributed by atoms with E-state index in [1.807, 2.05) is 38.1 Å². The van der Waals surface area contributed by atoms with Crippen LogP contribution in [0.4, 0.5) is 0 Å². The highest BCUT2D eigenvalue weighted by Crippen LogP contribution is 2.32. The number of esters is 2. The molecule has 6 nitrogen and oxygen atoms in total. The van der Waals surface area contributed by atoms with Crippen LogP contribution in [-0.4, -0.2) is 42.5 Å². The molecule has 0 radical (unpaired) electrons. The van der Waals surface area contributed by atoms with Crippen LogP contribution < -0.4 is 4.74 Å². The van der Waals surface area contributed by atoms with Crippen molar-refractivity contribution in [1.29, 1.82) is 0 Å². The summed E-state index contributed by atoms with van der Waals surface area (Å²) in [5, 5.41) is 9.71. The summed E-state index contributed by atoms with van der Waals surface area (Å²) < 4.78 is 16.3. The van der Waals surface area contributed by atoms with Crippen molar-refractivity contribution < 1.29 is 28.9 Å². The van der Waals surface area contributed by atoms with Gasteiger partial charge in [0, 0.05) is 29.5 Å². The number of aryl methyl sites for hydroxylation is 1. The minimum absolute atomic E-state index is 0.158. The van der Waals surface area contributed by atoms with Crippen LogP contribution in [0.3, 0.4) is 0 Å². The van der Waals surface area contributed by atoms with E-state index in [9.17, 15) is 14.7 Å². The van der Waals surface area contributed by atoms with E-state index in [1.54, 1.807) is 0 Å². The lowest BCUT2D eigenvalue weighted by molar-refractivity contribution is -0.166. The molecule has 0 spiro atoms. The SMILES string of the molecule is CCCCc1ccc(C#Cc2ccc(OCCCC(=O)OCC3(CO)CC(=C(C)C)C(=O)O3)cc2)cc1. The average molecular weight is 505 g/mol. The van der Waals surface area contributed by atoms with Crippen molar-refractivity contribution in [2.75, 3.05) is 19.8 Å². The lowest BCUT2D eigenvalue weighted by Gasteiger charge is -2.24. The highest BCUT2D eigenvalue weighted by atomic mass is 16.6. The second-order valence-electron chi connectivity index (χ2n) is 9.57. The minimum Gasteiger partial charge on any atom is -0.494 e. The van der Waals surface area contributed by atoms with Gasteiger partial charge in [-0.15, -0.1) is 0 Å². The van der Waals surface area contributed by atoms with Gasteiger partial charge in [-0.05, 0) is 75.1 Å². The number of cyclic esters (lactones) is 1. The Hall–Kier alpha value is -3.56. The summed E-state index contributed by atoms with van der Waals surface area (Å²) in [5.74, 6) is 6.17. The molecule has 1 atom stereocenters. The molecule has 3 rings (SSSR count). The number of carbonyl (C=O) groups is 2. The van der Waals surface area contributed by atoms with Crippen molar-refractivity contribution in [3.05, 3.63) is 76.4 Å². The van der Waals surface area contributed by atoms with Crippen LogP contribution in [0.25, 0.3) is 0 Å². The number of carbonyl (C=O) groups excluding carboxylic acids is 2. The van der Waals surface area contributed by atoms with Gasteiger partial charge in [-0.25, -0.2) is 4.79 Å². The maximum atomic E-state index is 12.1. The lowest BCUT2D eigenvalue weighted by Crippen LogP contribution is -2.39. The number of unbranched alkanes of at least 4 members (excludes halogenated alkanes) is 1. The van der Waals surface area contributed by atoms with Crippen LogP contribution in [0, 0.1) is 11.8 Å². The molecule has 2 aromatic rings. The third-order valence-electron chi connectivity index (χ3n) is 6.21. The van der Waals surface area contributed by atoms with Gasteiger partial charge in [0.2, 0.25) is 0 Å². The monoisotopic (exact) mass is 504 g/mol. The maximum absolute atomic E-state index is 12.1. The van der Waals surface area contributed by atoms with Crippen LogP contribution >= 0.6 is 0 Å². The van der Waals surface area contributed by atoms with E-state index in [1.165, 1.54) is 18.4 Å². The van der Waals surface area contributed by atoms with Gasteiger partial charge in [-0.3, -0.25) is 4.79 Å². The molecule has 0 aromatic heterocycles. The molecule has 1 fully saturated rings. The van der Waals surface area contributed by atoms with Crippen molar-refractivity contribution in [3.8, 4) is 17.6 Å². The Bertz CT molecular complexity index is 1150. The molecular formula is C31H36O6. The number of hydrogen-bond donors (Lipinski definition) is 1. The first kappa shape index (κ1) is 28.0. The van der Waals surface area contributed by atoms with Gasteiger partial charge >= 0.3 is 11.9 Å². The Morgan fingerprint density at radius 3 is 2.24 bits per heavy atom. The van der Waals surface area contributed by atoms with E-state index in [4.69, 9.17) is 14.2 Å². The van der Waals surface area contributed by atoms with Crippen LogP contribution in [0.15, 0.2) is 59.7 Å². The first-order valence-corrected chi connectivity index (χ1v) is 12.8. The Labute approximate surface area is 219 Å². The average Bonchev–Trinajstić information content (AvgIpc) is 3.26. The van der Waals surface area contributed by atoms with Gasteiger partial charge < -0.3 is 19.3 Å². The molecule has 1 aliphatic heterocycles. The maximum Gasteiger partial charge on any atom is 0.334 e. The zero-order valence-corrected chi connectivity index (χ0v) is 22.0. The smallest absolute Gasteiger partial charge is 0.334 e. The highest BCUT2D eigenvalue weighted by Gasteiger charge is 2.44. The second-order valence-corrected chi connectivity index (χ2v) is 9.57. The number of benzene rings is 2. The predicted molar refractivity (Wildman–Crippen MR) is 142 cm³/mol. The number of rotatable bonds is 11. The van der Waals surface area contributed by atoms with Gasteiger partial charge in [0.05, 0.1) is 13.2 Å². The van der Waals surface area contributed by atoms with Gasteiger partial charge in [0.15, 0.2) is 5.60 Å². The van der Waals surface area contributed by atoms with Gasteiger partial charge in [0.25, 0.3) is 0 Å². The summed E-state index contributed by atoms with van der Waals surface area (Å²) in [6.07, 6.45) is 4.35. The Morgan fingerprint density at radius 1 is 1.03 bits per heavy atom. The number of aliphatic hydroxyl groups is 1. The Morgan fingerprint density at radius 2 is 1.68 bits per heavy atom. The number of allylic oxidation sites excluding steroid dienone is 1. The van der Waals surface area contributed by atoms with E-state index >= 15 is 0 Å². The fourth-order valence-corrected chi connectivity index (χ4v) is 3.89. The normalized spacial score (nSPS) is 16.5. The summed E-state index contributed by atoms with van der Waals surface area (Å²) in [6.45, 7) is 5.60. The molecule has 37 heavy (non-hydrogen) atoms. The van der Waals surface area contributed by atoms with Crippen LogP contribution in [0.1, 0.15) is 69.6 Å². The van der Waals surface area contributed by atoms with E-state index in [0.29, 0.717) is 24.4 Å². The standard InChI is InChI=1S/C31H36O6/c1-4-5-7-24-9-11-25(12-10-24)13-14-26-15-17-27(18-16-26)35-19-6-8-29(33)36-22-31(21-32)20-28(23(2)3)30(34)37-31/h9-12,15-18,32H,4-8,19-22H2,1-3H3. The van der Waals surface area contributed by atoms with Crippen molar-refractivity contribution in [3.63, 3.8) is 0 Å². The zero-order chi connectivity index (χ0) is 26.7. The van der Waals surface area contributed by atoms with Gasteiger partial charge in [-0.1, -0.05) is 42.9 Å². The van der Waals surface area contributed by atoms with E-state index in [-0.39, 0.29) is 19.4 Å². The number of aliphatic hydroxyl groups excluding tert-OH is 1. The Balaban J connectivity index is 1.38. The summed E-state index contributed by atoms with van der Waals surface area (Å²) in [4.78, 5) is 24.1. The summed E-state index contributed by atoms with van der Waals surface area (Å²) in [5.41, 5.74) is 3.38. The minimum atomic E-state index is -1.20. The Kier molecular flexibility index (Phi) is 10.3. The van der Waals surface area contributed by atoms with Crippen molar-refractivity contribution in [2.24, 2.45) is 0 Å². The van der Waals surface area contributed by atoms with Gasteiger partial charge in [-0.2, -0.15) is 0 Å². The molecule has 0 amide bonds. The molecule has 196 valence electrons. The van der Waals surface area contributed by atoms with Gasteiger partial charge in [0.1, 0.15) is 12.4 Å². The van der Waals surface area contributed by atoms with Crippen LogP contribution in [-0.2, 0) is 25.5 Å². The highest BCUT2D eigenvalue weighted by molar-refractivity contribution is 5.92. The quantitative estimate of drug-likeness (QED) is 0.197. The third kappa shape index (κ3) is 8.51. The summed E-state index contributed by atoms with van der Waals surface area (Å²) in [7, 11) is 0. The number of ether oxygens (including phenoxy) is 3. The molecule has 1 aliphatic rings. The number of hydrogen-bond acceptors (Lipinski definition) is 6. The summed E-state index contributed by atoms with van der Waals surface area (Å²) in [6, 6.07) is 15.9. The molecule has 6 heteroatoms. The first-order chi connectivity index (χ1) is 17.8. The van der Waals surface area contributed by atoms with E-state index < -0.39 is 24.1 Å². The molecule has 1 heterocycles. The molecule has 0 bridgehead atoms. The third-order valence-corrected chi connectivity index (χ3v) is 6.21. The fourth-order valence-electron chi connectivity index (χ4n) is 3.89. The molecule has 1 unspecified atom stereocenters. The lowest BCUT2D eigenvalue weighted by atomic mass is 9.97. The zero-order valence-electron chi connectivity index (χ0n) is 22.0. The summed E-state index contributed by atoms with van der Waals surface area (Å²) >= 11 is 0. The van der Waals surface area contributed by atoms with Crippen molar-refractivity contribution in [2.45, 2.75) is 64.9 Å². The van der Waals surface area contributed by atoms with Crippen LogP contribution in [0.2, 0.25) is 0 Å². The predicted octanol–water partition coefficient (Wildman–Crippen LogP) is 5.15. The van der Waals surface area contributed by atoms with Crippen molar-refractivity contribution >= 4 is 11.9 Å². The van der Waals surface area contributed by atoms with Crippen molar-refractivity contribution in [1.82, 2.24) is 0 Å². The second kappa shape index (κ2) is 13.7. The first-order valence-electron chi connectivity index (χ1n) is 12.8. The fraction of sp³-hybridized carbons (Fsp3) is 0.419.